The van der Waals surface area contributed by atoms with E-state index in [0.29, 0.717) is 0 Å². The van der Waals surface area contributed by atoms with Crippen molar-refractivity contribution in [3.63, 3.8) is 0 Å². The van der Waals surface area contributed by atoms with Gasteiger partial charge in [0.05, 0.1) is 6.26 Å². The molecule has 4 heteroatoms. The van der Waals surface area contributed by atoms with Gasteiger partial charge in [0.2, 0.25) is 10.0 Å². The van der Waals surface area contributed by atoms with Crippen LogP contribution >= 0.6 is 0 Å². The maximum atomic E-state index is 11.1. The molecule has 0 fully saturated rings. The van der Waals surface area contributed by atoms with Gasteiger partial charge in [-0.15, -0.1) is 0 Å². The van der Waals surface area contributed by atoms with Crippen LogP contribution in [0.25, 0.3) is 0 Å². The first-order chi connectivity index (χ1) is 7.59. The van der Waals surface area contributed by atoms with E-state index in [1.807, 2.05) is 19.1 Å². The second kappa shape index (κ2) is 4.78. The molecule has 0 bridgehead atoms. The van der Waals surface area contributed by atoms with Gasteiger partial charge >= 0.3 is 0 Å². The van der Waals surface area contributed by atoms with Gasteiger partial charge in [-0.1, -0.05) is 45.0 Å². The standard InChI is InChI=1S/C13H21NO2S/c1-10(14-17(5,15)16)11-6-8-12(9-7-11)13(2,3)4/h6-10,14H,1-5H3/t10-/m1/s1. The van der Waals surface area contributed by atoms with Crippen LogP contribution in [0.4, 0.5) is 0 Å². The highest BCUT2D eigenvalue weighted by molar-refractivity contribution is 7.88. The molecule has 1 aromatic rings. The van der Waals surface area contributed by atoms with Crippen LogP contribution in [0, 0.1) is 0 Å². The van der Waals surface area contributed by atoms with Crippen LogP contribution in [0.15, 0.2) is 24.3 Å². The summed E-state index contributed by atoms with van der Waals surface area (Å²) in [4.78, 5) is 0. The average molecular weight is 255 g/mol. The molecule has 1 atom stereocenters. The minimum atomic E-state index is -3.16. The Balaban J connectivity index is 2.88. The summed E-state index contributed by atoms with van der Waals surface area (Å²) in [7, 11) is -3.16. The summed E-state index contributed by atoms with van der Waals surface area (Å²) in [6, 6.07) is 7.86. The molecule has 0 spiro atoms. The summed E-state index contributed by atoms with van der Waals surface area (Å²) < 4.78 is 24.8. The highest BCUT2D eigenvalue weighted by atomic mass is 32.2. The molecule has 1 rings (SSSR count). The maximum Gasteiger partial charge on any atom is 0.209 e. The van der Waals surface area contributed by atoms with E-state index in [-0.39, 0.29) is 11.5 Å². The molecule has 0 aliphatic heterocycles. The lowest BCUT2D eigenvalue weighted by Gasteiger charge is -2.20. The summed E-state index contributed by atoms with van der Waals surface area (Å²) >= 11 is 0. The smallest absolute Gasteiger partial charge is 0.209 e. The summed E-state index contributed by atoms with van der Waals surface area (Å²) in [6.07, 6.45) is 1.17. The molecule has 0 amide bonds. The quantitative estimate of drug-likeness (QED) is 0.902. The van der Waals surface area contributed by atoms with Crippen molar-refractivity contribution in [1.82, 2.24) is 4.72 Å². The fourth-order valence-corrected chi connectivity index (χ4v) is 2.44. The summed E-state index contributed by atoms with van der Waals surface area (Å²) in [6.45, 7) is 8.30. The zero-order chi connectivity index (χ0) is 13.3. The van der Waals surface area contributed by atoms with Crippen LogP contribution in [0.2, 0.25) is 0 Å². The van der Waals surface area contributed by atoms with Gasteiger partial charge < -0.3 is 0 Å². The highest BCUT2D eigenvalue weighted by Gasteiger charge is 2.15. The van der Waals surface area contributed by atoms with E-state index >= 15 is 0 Å². The van der Waals surface area contributed by atoms with Crippen molar-refractivity contribution in [1.29, 1.82) is 0 Å². The van der Waals surface area contributed by atoms with Gasteiger partial charge in [0.15, 0.2) is 0 Å². The average Bonchev–Trinajstić information content (AvgIpc) is 2.14. The van der Waals surface area contributed by atoms with E-state index < -0.39 is 10.0 Å². The Morgan fingerprint density at radius 3 is 1.94 bits per heavy atom. The first kappa shape index (κ1) is 14.2. The number of hydrogen-bond acceptors (Lipinski definition) is 2. The summed E-state index contributed by atoms with van der Waals surface area (Å²) in [5.41, 5.74) is 2.34. The van der Waals surface area contributed by atoms with Crippen LogP contribution in [-0.2, 0) is 15.4 Å². The minimum absolute atomic E-state index is 0.117. The van der Waals surface area contributed by atoms with Crippen molar-refractivity contribution in [2.24, 2.45) is 0 Å². The molecule has 17 heavy (non-hydrogen) atoms. The Bertz CT molecular complexity index is 469. The molecule has 1 N–H and O–H groups in total. The van der Waals surface area contributed by atoms with E-state index in [0.717, 1.165) is 5.56 Å². The Morgan fingerprint density at radius 2 is 1.59 bits per heavy atom. The molecule has 0 saturated carbocycles. The van der Waals surface area contributed by atoms with Crippen molar-refractivity contribution in [3.8, 4) is 0 Å². The number of hydrogen-bond donors (Lipinski definition) is 1. The van der Waals surface area contributed by atoms with Crippen molar-refractivity contribution in [3.05, 3.63) is 35.4 Å². The second-order valence-electron chi connectivity index (χ2n) is 5.48. The number of benzene rings is 1. The normalized spacial score (nSPS) is 14.6. The van der Waals surface area contributed by atoms with Crippen molar-refractivity contribution in [2.45, 2.75) is 39.2 Å². The topological polar surface area (TPSA) is 46.2 Å². The van der Waals surface area contributed by atoms with E-state index in [9.17, 15) is 8.42 Å². The number of sulfonamides is 1. The van der Waals surface area contributed by atoms with Gasteiger partial charge in [0, 0.05) is 6.04 Å². The molecule has 0 aromatic heterocycles. The van der Waals surface area contributed by atoms with Crippen LogP contribution < -0.4 is 4.72 Å². The Kier molecular flexibility index (Phi) is 3.99. The van der Waals surface area contributed by atoms with Crippen LogP contribution in [0.1, 0.15) is 44.9 Å². The lowest BCUT2D eigenvalue weighted by Crippen LogP contribution is -2.25. The lowest BCUT2D eigenvalue weighted by atomic mass is 9.86. The molecular weight excluding hydrogens is 234 g/mol. The lowest BCUT2D eigenvalue weighted by molar-refractivity contribution is 0.571. The third-order valence-corrected chi connectivity index (χ3v) is 3.45. The molecule has 96 valence electrons. The van der Waals surface area contributed by atoms with E-state index in [2.05, 4.69) is 37.6 Å². The van der Waals surface area contributed by atoms with E-state index in [4.69, 9.17) is 0 Å². The van der Waals surface area contributed by atoms with Crippen molar-refractivity contribution >= 4 is 10.0 Å². The third-order valence-electron chi connectivity index (χ3n) is 2.67. The van der Waals surface area contributed by atoms with E-state index in [1.54, 1.807) is 0 Å². The first-order valence-corrected chi connectivity index (χ1v) is 7.56. The van der Waals surface area contributed by atoms with Crippen LogP contribution in [0.5, 0.6) is 0 Å². The molecule has 0 unspecified atom stereocenters. The van der Waals surface area contributed by atoms with E-state index in [1.165, 1.54) is 11.8 Å². The van der Waals surface area contributed by atoms with Gasteiger partial charge in [0.1, 0.15) is 0 Å². The largest absolute Gasteiger partial charge is 0.213 e. The van der Waals surface area contributed by atoms with Gasteiger partial charge in [-0.2, -0.15) is 0 Å². The zero-order valence-corrected chi connectivity index (χ0v) is 11.9. The van der Waals surface area contributed by atoms with Gasteiger partial charge in [-0.3, -0.25) is 0 Å². The fourth-order valence-electron chi connectivity index (χ4n) is 1.66. The molecule has 1 aromatic carbocycles. The number of rotatable bonds is 3. The van der Waals surface area contributed by atoms with Gasteiger partial charge in [-0.05, 0) is 23.5 Å². The Hall–Kier alpha value is -0.870. The van der Waals surface area contributed by atoms with Crippen LogP contribution in [-0.4, -0.2) is 14.7 Å². The first-order valence-electron chi connectivity index (χ1n) is 5.67. The summed E-state index contributed by atoms with van der Waals surface area (Å²) in [5, 5.41) is 0. The van der Waals surface area contributed by atoms with Crippen molar-refractivity contribution < 1.29 is 8.42 Å². The molecule has 0 aliphatic rings. The molecular formula is C13H21NO2S. The SMILES string of the molecule is C[C@@H](NS(C)(=O)=O)c1ccc(C(C)(C)C)cc1. The maximum absolute atomic E-state index is 11.1. The molecule has 0 aliphatic carbocycles. The Morgan fingerprint density at radius 1 is 1.12 bits per heavy atom. The predicted octanol–water partition coefficient (Wildman–Crippen LogP) is 2.59. The van der Waals surface area contributed by atoms with Crippen molar-refractivity contribution in [2.75, 3.05) is 6.26 Å². The fraction of sp³-hybridized carbons (Fsp3) is 0.538. The highest BCUT2D eigenvalue weighted by Crippen LogP contribution is 2.23. The second-order valence-corrected chi connectivity index (χ2v) is 7.26. The molecule has 0 radical (unpaired) electrons. The van der Waals surface area contributed by atoms with Gasteiger partial charge in [-0.25, -0.2) is 13.1 Å². The third kappa shape index (κ3) is 4.48. The molecule has 3 nitrogen and oxygen atoms in total. The monoisotopic (exact) mass is 255 g/mol. The molecule has 0 heterocycles. The Labute approximate surface area is 104 Å². The van der Waals surface area contributed by atoms with Crippen LogP contribution in [0.3, 0.4) is 0 Å². The minimum Gasteiger partial charge on any atom is -0.213 e. The summed E-state index contributed by atoms with van der Waals surface area (Å²) in [5.74, 6) is 0. The number of nitrogens with one attached hydrogen (secondary N) is 1. The van der Waals surface area contributed by atoms with Gasteiger partial charge in [0.25, 0.3) is 0 Å². The zero-order valence-electron chi connectivity index (χ0n) is 11.1. The molecule has 0 saturated heterocycles. The predicted molar refractivity (Wildman–Crippen MR) is 71.5 cm³/mol.